The smallest absolute Gasteiger partial charge is 0.171 e. The molecule has 23 heavy (non-hydrogen) atoms. The Morgan fingerprint density at radius 3 is 2.61 bits per heavy atom. The molecule has 0 amide bonds. The molecule has 0 heterocycles. The standard InChI is InChI=1S/C18H21FN2OS/c1-11-6-5-7-16(12(11)2)21-18(23)20-13(3)14-8-9-17(22-4)15(19)10-14/h5-10,13H,1-4H3,(H2,20,21,23)/t13-/m1/s1. The molecule has 0 aliphatic carbocycles. The zero-order valence-corrected chi connectivity index (χ0v) is 14.6. The number of hydrogen-bond acceptors (Lipinski definition) is 2. The molecule has 2 rings (SSSR count). The van der Waals surface area contributed by atoms with Crippen LogP contribution >= 0.6 is 12.2 Å². The van der Waals surface area contributed by atoms with E-state index >= 15 is 0 Å². The summed E-state index contributed by atoms with van der Waals surface area (Å²) in [6, 6.07) is 10.8. The maximum Gasteiger partial charge on any atom is 0.171 e. The molecule has 2 N–H and O–H groups in total. The Morgan fingerprint density at radius 1 is 1.22 bits per heavy atom. The van der Waals surface area contributed by atoms with Gasteiger partial charge in [-0.1, -0.05) is 18.2 Å². The average molecular weight is 332 g/mol. The van der Waals surface area contributed by atoms with E-state index in [1.165, 1.54) is 18.7 Å². The van der Waals surface area contributed by atoms with Crippen LogP contribution in [0.5, 0.6) is 5.75 Å². The number of rotatable bonds is 4. The molecule has 5 heteroatoms. The SMILES string of the molecule is COc1ccc([C@@H](C)NC(=S)Nc2cccc(C)c2C)cc1F. The first-order valence-electron chi connectivity index (χ1n) is 7.39. The topological polar surface area (TPSA) is 33.3 Å². The minimum Gasteiger partial charge on any atom is -0.494 e. The quantitative estimate of drug-likeness (QED) is 0.808. The highest BCUT2D eigenvalue weighted by Gasteiger charge is 2.11. The summed E-state index contributed by atoms with van der Waals surface area (Å²) in [5.41, 5.74) is 4.12. The molecule has 0 spiro atoms. The van der Waals surface area contributed by atoms with Gasteiger partial charge in [-0.25, -0.2) is 4.39 Å². The maximum atomic E-state index is 13.8. The average Bonchev–Trinajstić information content (AvgIpc) is 2.51. The molecule has 1 atom stereocenters. The van der Waals surface area contributed by atoms with Crippen LogP contribution in [0.2, 0.25) is 0 Å². The number of halogens is 1. The van der Waals surface area contributed by atoms with Crippen molar-refractivity contribution in [3.05, 3.63) is 58.9 Å². The van der Waals surface area contributed by atoms with Crippen molar-refractivity contribution >= 4 is 23.0 Å². The molecule has 3 nitrogen and oxygen atoms in total. The van der Waals surface area contributed by atoms with Gasteiger partial charge < -0.3 is 15.4 Å². The normalized spacial score (nSPS) is 11.7. The number of hydrogen-bond donors (Lipinski definition) is 2. The Bertz CT molecular complexity index is 718. The zero-order valence-electron chi connectivity index (χ0n) is 13.7. The van der Waals surface area contributed by atoms with Gasteiger partial charge in [0.1, 0.15) is 0 Å². The lowest BCUT2D eigenvalue weighted by molar-refractivity contribution is 0.386. The highest BCUT2D eigenvalue weighted by atomic mass is 32.1. The van der Waals surface area contributed by atoms with Crippen molar-refractivity contribution in [2.75, 3.05) is 12.4 Å². The lowest BCUT2D eigenvalue weighted by Crippen LogP contribution is -2.31. The van der Waals surface area contributed by atoms with Crippen LogP contribution < -0.4 is 15.4 Å². The van der Waals surface area contributed by atoms with Crippen LogP contribution in [0.4, 0.5) is 10.1 Å². The predicted molar refractivity (Wildman–Crippen MR) is 96.6 cm³/mol. The number of aryl methyl sites for hydroxylation is 1. The van der Waals surface area contributed by atoms with Crippen molar-refractivity contribution < 1.29 is 9.13 Å². The fourth-order valence-corrected chi connectivity index (χ4v) is 2.56. The van der Waals surface area contributed by atoms with E-state index in [4.69, 9.17) is 17.0 Å². The molecule has 0 saturated heterocycles. The van der Waals surface area contributed by atoms with Crippen LogP contribution in [-0.2, 0) is 0 Å². The third-order valence-electron chi connectivity index (χ3n) is 3.88. The van der Waals surface area contributed by atoms with Gasteiger partial charge >= 0.3 is 0 Å². The molecule has 2 aromatic rings. The second-order valence-corrected chi connectivity index (χ2v) is 5.87. The second kappa shape index (κ2) is 7.42. The molecule has 122 valence electrons. The number of anilines is 1. The van der Waals surface area contributed by atoms with E-state index in [1.807, 2.05) is 32.0 Å². The number of ether oxygens (including phenoxy) is 1. The Hall–Kier alpha value is -2.14. The predicted octanol–water partition coefficient (Wildman–Crippen LogP) is 4.50. The fraction of sp³-hybridized carbons (Fsp3) is 0.278. The van der Waals surface area contributed by atoms with Crippen molar-refractivity contribution in [1.82, 2.24) is 5.32 Å². The molecular weight excluding hydrogens is 311 g/mol. The van der Waals surface area contributed by atoms with Gasteiger partial charge in [-0.3, -0.25) is 0 Å². The van der Waals surface area contributed by atoms with Crippen LogP contribution in [0.3, 0.4) is 0 Å². The Morgan fingerprint density at radius 2 is 1.96 bits per heavy atom. The molecule has 0 aliphatic heterocycles. The first-order valence-corrected chi connectivity index (χ1v) is 7.80. The summed E-state index contributed by atoms with van der Waals surface area (Å²) >= 11 is 5.36. The van der Waals surface area contributed by atoms with Gasteiger partial charge in [-0.15, -0.1) is 0 Å². The highest BCUT2D eigenvalue weighted by Crippen LogP contribution is 2.22. The van der Waals surface area contributed by atoms with Gasteiger partial charge in [-0.05, 0) is 67.9 Å². The molecule has 0 fully saturated rings. The first-order chi connectivity index (χ1) is 10.9. The number of benzene rings is 2. The monoisotopic (exact) mass is 332 g/mol. The van der Waals surface area contributed by atoms with Gasteiger partial charge in [0.15, 0.2) is 16.7 Å². The summed E-state index contributed by atoms with van der Waals surface area (Å²) in [6.45, 7) is 6.03. The first kappa shape index (κ1) is 17.2. The molecular formula is C18H21FN2OS. The maximum absolute atomic E-state index is 13.8. The van der Waals surface area contributed by atoms with Crippen molar-refractivity contribution in [2.24, 2.45) is 0 Å². The zero-order chi connectivity index (χ0) is 17.0. The van der Waals surface area contributed by atoms with Gasteiger partial charge in [0, 0.05) is 5.69 Å². The van der Waals surface area contributed by atoms with Gasteiger partial charge in [0.05, 0.1) is 13.2 Å². The Labute approximate surface area is 141 Å². The van der Waals surface area contributed by atoms with Crippen LogP contribution in [0, 0.1) is 19.7 Å². The van der Waals surface area contributed by atoms with E-state index in [0.29, 0.717) is 5.11 Å². The summed E-state index contributed by atoms with van der Waals surface area (Å²) in [5.74, 6) is -0.149. The van der Waals surface area contributed by atoms with E-state index in [2.05, 4.69) is 23.6 Å². The van der Waals surface area contributed by atoms with E-state index in [-0.39, 0.29) is 17.6 Å². The molecule has 0 bridgehead atoms. The molecule has 0 saturated carbocycles. The number of methoxy groups -OCH3 is 1. The van der Waals surface area contributed by atoms with Crippen molar-refractivity contribution in [2.45, 2.75) is 26.8 Å². The van der Waals surface area contributed by atoms with Gasteiger partial charge in [0.2, 0.25) is 0 Å². The molecule has 0 unspecified atom stereocenters. The minimum atomic E-state index is -0.382. The molecule has 2 aromatic carbocycles. The lowest BCUT2D eigenvalue weighted by atomic mass is 10.1. The lowest BCUT2D eigenvalue weighted by Gasteiger charge is -2.19. The fourth-order valence-electron chi connectivity index (χ4n) is 2.28. The van der Waals surface area contributed by atoms with Gasteiger partial charge in [-0.2, -0.15) is 0 Å². The Balaban J connectivity index is 2.05. The summed E-state index contributed by atoms with van der Waals surface area (Å²) in [6.07, 6.45) is 0. The summed E-state index contributed by atoms with van der Waals surface area (Å²) in [5, 5.41) is 6.86. The highest BCUT2D eigenvalue weighted by molar-refractivity contribution is 7.80. The van der Waals surface area contributed by atoms with Crippen LogP contribution in [0.25, 0.3) is 0 Å². The van der Waals surface area contributed by atoms with Crippen molar-refractivity contribution in [3.8, 4) is 5.75 Å². The van der Waals surface area contributed by atoms with Crippen LogP contribution in [0.15, 0.2) is 36.4 Å². The second-order valence-electron chi connectivity index (χ2n) is 5.46. The Kier molecular flexibility index (Phi) is 5.55. The molecule has 0 aromatic heterocycles. The molecule has 0 aliphatic rings. The number of nitrogens with one attached hydrogen (secondary N) is 2. The minimum absolute atomic E-state index is 0.125. The van der Waals surface area contributed by atoms with Crippen molar-refractivity contribution in [1.29, 1.82) is 0 Å². The van der Waals surface area contributed by atoms with E-state index < -0.39 is 0 Å². The summed E-state index contributed by atoms with van der Waals surface area (Å²) in [4.78, 5) is 0. The molecule has 0 radical (unpaired) electrons. The van der Waals surface area contributed by atoms with E-state index in [1.54, 1.807) is 6.07 Å². The number of thiocarbonyl (C=S) groups is 1. The van der Waals surface area contributed by atoms with Crippen molar-refractivity contribution in [3.63, 3.8) is 0 Å². The van der Waals surface area contributed by atoms with E-state index in [0.717, 1.165) is 16.8 Å². The summed E-state index contributed by atoms with van der Waals surface area (Å²) < 4.78 is 18.7. The van der Waals surface area contributed by atoms with Crippen LogP contribution in [0.1, 0.15) is 29.7 Å². The van der Waals surface area contributed by atoms with E-state index in [9.17, 15) is 4.39 Å². The third-order valence-corrected chi connectivity index (χ3v) is 4.10. The third kappa shape index (κ3) is 4.20. The largest absolute Gasteiger partial charge is 0.494 e. The van der Waals surface area contributed by atoms with Gasteiger partial charge in [0.25, 0.3) is 0 Å². The summed E-state index contributed by atoms with van der Waals surface area (Å²) in [7, 11) is 1.45. The van der Waals surface area contributed by atoms with Crippen LogP contribution in [-0.4, -0.2) is 12.2 Å².